The van der Waals surface area contributed by atoms with Gasteiger partial charge in [-0.05, 0) is 50.5 Å². The number of halogens is 2. The standard InChI is InChI=1S/C25H31Cl2N3O4S/c1-17-8-10-19(11-9-17)15-29(18(2)25(32)28-21-6-4-5-7-21)24(31)16-30(35(3,33)34)23-13-12-20(26)14-22(23)27/h8-14,18,21H,4-7,15-16H2,1-3H3,(H,28,32)/t18-/m0/s1. The predicted octanol–water partition coefficient (Wildman–Crippen LogP) is 4.54. The van der Waals surface area contributed by atoms with E-state index in [0.29, 0.717) is 5.02 Å². The van der Waals surface area contributed by atoms with E-state index in [1.54, 1.807) is 6.92 Å². The Morgan fingerprint density at radius 2 is 1.71 bits per heavy atom. The Morgan fingerprint density at radius 1 is 1.09 bits per heavy atom. The Labute approximate surface area is 217 Å². The second-order valence-corrected chi connectivity index (χ2v) is 11.8. The molecule has 0 aromatic heterocycles. The van der Waals surface area contributed by atoms with E-state index < -0.39 is 28.5 Å². The van der Waals surface area contributed by atoms with Gasteiger partial charge in [0.2, 0.25) is 21.8 Å². The third kappa shape index (κ3) is 7.35. The van der Waals surface area contributed by atoms with Crippen LogP contribution in [0.25, 0.3) is 0 Å². The maximum atomic E-state index is 13.6. The van der Waals surface area contributed by atoms with Gasteiger partial charge in [-0.2, -0.15) is 0 Å². The third-order valence-corrected chi connectivity index (χ3v) is 7.86. The Kier molecular flexibility index (Phi) is 9.07. The van der Waals surface area contributed by atoms with Gasteiger partial charge in [0.05, 0.1) is 17.0 Å². The van der Waals surface area contributed by atoms with Crippen molar-refractivity contribution in [3.63, 3.8) is 0 Å². The van der Waals surface area contributed by atoms with Crippen molar-refractivity contribution in [1.29, 1.82) is 0 Å². The zero-order valence-electron chi connectivity index (χ0n) is 20.1. The zero-order valence-corrected chi connectivity index (χ0v) is 22.5. The van der Waals surface area contributed by atoms with Crippen molar-refractivity contribution in [2.75, 3.05) is 17.1 Å². The number of nitrogens with zero attached hydrogens (tertiary/aromatic N) is 2. The lowest BCUT2D eigenvalue weighted by molar-refractivity contribution is -0.139. The number of hydrogen-bond donors (Lipinski definition) is 1. The molecule has 2 aromatic rings. The van der Waals surface area contributed by atoms with Gasteiger partial charge in [-0.15, -0.1) is 0 Å². The summed E-state index contributed by atoms with van der Waals surface area (Å²) in [7, 11) is -3.87. The van der Waals surface area contributed by atoms with Crippen molar-refractivity contribution in [1.82, 2.24) is 10.2 Å². The second-order valence-electron chi connectivity index (χ2n) is 9.04. The number of carbonyl (C=O) groups is 2. The molecule has 7 nitrogen and oxygen atoms in total. The summed E-state index contributed by atoms with van der Waals surface area (Å²) in [5.41, 5.74) is 2.05. The molecule has 1 saturated carbocycles. The SMILES string of the molecule is Cc1ccc(CN(C(=O)CN(c2ccc(Cl)cc2Cl)S(C)(=O)=O)[C@@H](C)C(=O)NC2CCCC2)cc1. The zero-order chi connectivity index (χ0) is 25.8. The molecule has 1 fully saturated rings. The first-order chi connectivity index (χ1) is 16.5. The summed E-state index contributed by atoms with van der Waals surface area (Å²) in [5, 5.41) is 3.49. The van der Waals surface area contributed by atoms with Crippen LogP contribution in [0, 0.1) is 6.92 Å². The van der Waals surface area contributed by atoms with E-state index in [1.807, 2.05) is 31.2 Å². The summed E-state index contributed by atoms with van der Waals surface area (Å²) >= 11 is 12.2. The lowest BCUT2D eigenvalue weighted by Crippen LogP contribution is -2.52. The number of carbonyl (C=O) groups excluding carboxylic acids is 2. The number of aryl methyl sites for hydroxylation is 1. The molecule has 0 saturated heterocycles. The number of benzene rings is 2. The Balaban J connectivity index is 1.89. The van der Waals surface area contributed by atoms with Gasteiger partial charge in [-0.1, -0.05) is 65.9 Å². The van der Waals surface area contributed by atoms with Gasteiger partial charge in [0, 0.05) is 17.6 Å². The third-order valence-electron chi connectivity index (χ3n) is 6.20. The van der Waals surface area contributed by atoms with Crippen molar-refractivity contribution >= 4 is 50.7 Å². The first kappa shape index (κ1) is 27.3. The average molecular weight is 541 g/mol. The average Bonchev–Trinajstić information content (AvgIpc) is 3.29. The maximum Gasteiger partial charge on any atom is 0.244 e. The van der Waals surface area contributed by atoms with E-state index in [9.17, 15) is 18.0 Å². The molecule has 2 amide bonds. The number of amides is 2. The van der Waals surface area contributed by atoms with Crippen molar-refractivity contribution in [3.05, 3.63) is 63.6 Å². The molecule has 3 rings (SSSR count). The van der Waals surface area contributed by atoms with Gasteiger partial charge in [-0.25, -0.2) is 8.42 Å². The highest BCUT2D eigenvalue weighted by atomic mass is 35.5. The highest BCUT2D eigenvalue weighted by Gasteiger charge is 2.32. The minimum Gasteiger partial charge on any atom is -0.352 e. The molecule has 0 spiro atoms. The number of nitrogens with one attached hydrogen (secondary N) is 1. The largest absolute Gasteiger partial charge is 0.352 e. The lowest BCUT2D eigenvalue weighted by atomic mass is 10.1. The molecule has 0 heterocycles. The first-order valence-corrected chi connectivity index (χ1v) is 14.1. The fourth-order valence-corrected chi connectivity index (χ4v) is 5.57. The van der Waals surface area contributed by atoms with Crippen LogP contribution in [0.5, 0.6) is 0 Å². The molecule has 0 aliphatic heterocycles. The van der Waals surface area contributed by atoms with E-state index in [4.69, 9.17) is 23.2 Å². The molecule has 1 aliphatic rings. The molecule has 35 heavy (non-hydrogen) atoms. The Morgan fingerprint density at radius 3 is 2.29 bits per heavy atom. The van der Waals surface area contributed by atoms with Crippen LogP contribution in [-0.2, 0) is 26.2 Å². The normalized spacial score (nSPS) is 15.0. The molecule has 190 valence electrons. The molecule has 0 bridgehead atoms. The highest BCUT2D eigenvalue weighted by molar-refractivity contribution is 7.92. The van der Waals surface area contributed by atoms with Gasteiger partial charge >= 0.3 is 0 Å². The van der Waals surface area contributed by atoms with Crippen molar-refractivity contribution in [2.45, 2.75) is 58.2 Å². The number of rotatable bonds is 9. The summed E-state index contributed by atoms with van der Waals surface area (Å²) in [5.74, 6) is -0.774. The fraction of sp³-hybridized carbons (Fsp3) is 0.440. The highest BCUT2D eigenvalue weighted by Crippen LogP contribution is 2.30. The molecule has 0 radical (unpaired) electrons. The topological polar surface area (TPSA) is 86.8 Å². The van der Waals surface area contributed by atoms with Crippen LogP contribution in [-0.4, -0.2) is 50.0 Å². The lowest BCUT2D eigenvalue weighted by Gasteiger charge is -2.32. The minimum absolute atomic E-state index is 0.0988. The summed E-state index contributed by atoms with van der Waals surface area (Å²) < 4.78 is 26.2. The van der Waals surface area contributed by atoms with E-state index in [-0.39, 0.29) is 29.2 Å². The van der Waals surface area contributed by atoms with Crippen LogP contribution in [0.15, 0.2) is 42.5 Å². The molecular formula is C25H31Cl2N3O4S. The second kappa shape index (κ2) is 11.6. The maximum absolute atomic E-state index is 13.6. The van der Waals surface area contributed by atoms with Crippen LogP contribution in [0.2, 0.25) is 10.0 Å². The molecule has 1 atom stereocenters. The molecule has 1 aliphatic carbocycles. The summed E-state index contributed by atoms with van der Waals surface area (Å²) in [6.07, 6.45) is 4.97. The van der Waals surface area contributed by atoms with E-state index in [0.717, 1.165) is 47.4 Å². The van der Waals surface area contributed by atoms with E-state index >= 15 is 0 Å². The number of sulfonamides is 1. The summed E-state index contributed by atoms with van der Waals surface area (Å²) in [4.78, 5) is 28.1. The quantitative estimate of drug-likeness (QED) is 0.506. The first-order valence-electron chi connectivity index (χ1n) is 11.5. The smallest absolute Gasteiger partial charge is 0.244 e. The summed E-state index contributed by atoms with van der Waals surface area (Å²) in [6, 6.07) is 11.3. The molecule has 1 N–H and O–H groups in total. The Bertz CT molecular complexity index is 1170. The summed E-state index contributed by atoms with van der Waals surface area (Å²) in [6.45, 7) is 3.28. The van der Waals surface area contributed by atoms with Crippen LogP contribution < -0.4 is 9.62 Å². The van der Waals surface area contributed by atoms with Crippen molar-refractivity contribution in [2.24, 2.45) is 0 Å². The molecule has 2 aromatic carbocycles. The van der Waals surface area contributed by atoms with Gasteiger partial charge < -0.3 is 10.2 Å². The van der Waals surface area contributed by atoms with Gasteiger partial charge in [0.25, 0.3) is 0 Å². The van der Waals surface area contributed by atoms with Gasteiger partial charge in [-0.3, -0.25) is 13.9 Å². The monoisotopic (exact) mass is 539 g/mol. The van der Waals surface area contributed by atoms with Crippen molar-refractivity contribution in [3.8, 4) is 0 Å². The predicted molar refractivity (Wildman–Crippen MR) is 140 cm³/mol. The van der Waals surface area contributed by atoms with E-state index in [1.165, 1.54) is 23.1 Å². The Hall–Kier alpha value is -2.29. The van der Waals surface area contributed by atoms with Gasteiger partial charge in [0.15, 0.2) is 0 Å². The molecular weight excluding hydrogens is 509 g/mol. The van der Waals surface area contributed by atoms with Crippen LogP contribution >= 0.6 is 23.2 Å². The molecule has 10 heteroatoms. The number of hydrogen-bond acceptors (Lipinski definition) is 4. The van der Waals surface area contributed by atoms with Gasteiger partial charge in [0.1, 0.15) is 12.6 Å². The van der Waals surface area contributed by atoms with Crippen molar-refractivity contribution < 1.29 is 18.0 Å². The van der Waals surface area contributed by atoms with E-state index in [2.05, 4.69) is 5.32 Å². The van der Waals surface area contributed by atoms with Crippen LogP contribution in [0.3, 0.4) is 0 Å². The fourth-order valence-electron chi connectivity index (χ4n) is 4.14. The minimum atomic E-state index is -3.87. The molecule has 0 unspecified atom stereocenters. The van der Waals surface area contributed by atoms with Crippen LogP contribution in [0.4, 0.5) is 5.69 Å². The van der Waals surface area contributed by atoms with Crippen LogP contribution in [0.1, 0.15) is 43.7 Å². The number of anilines is 1.